The standard InChI is InChI=1S/C24H21BrN2O2/c25-20-11-13-22(14-12-20)29-16-21(28)15-27-17-26-23(18-7-3-1-4-8-18)24(27)19-9-5-2-6-10-19/h1-14,17,21,28H,15-16H2/t21-/m0/s1. The molecule has 0 spiro atoms. The molecule has 29 heavy (non-hydrogen) atoms. The molecule has 0 aliphatic carbocycles. The van der Waals surface area contributed by atoms with Crippen molar-refractivity contribution >= 4 is 15.9 Å². The summed E-state index contributed by atoms with van der Waals surface area (Å²) < 4.78 is 8.71. The van der Waals surface area contributed by atoms with Gasteiger partial charge in [-0.1, -0.05) is 76.6 Å². The van der Waals surface area contributed by atoms with E-state index in [9.17, 15) is 5.11 Å². The van der Waals surface area contributed by atoms with Crippen LogP contribution < -0.4 is 4.74 Å². The molecule has 0 amide bonds. The van der Waals surface area contributed by atoms with Crippen molar-refractivity contribution in [2.24, 2.45) is 0 Å². The Balaban J connectivity index is 1.57. The molecule has 0 aliphatic rings. The molecule has 3 aromatic carbocycles. The molecule has 0 saturated carbocycles. The monoisotopic (exact) mass is 448 g/mol. The minimum absolute atomic E-state index is 0.203. The van der Waals surface area contributed by atoms with Crippen LogP contribution in [0.4, 0.5) is 0 Å². The van der Waals surface area contributed by atoms with Crippen LogP contribution in [0.25, 0.3) is 22.5 Å². The number of nitrogens with zero attached hydrogens (tertiary/aromatic N) is 2. The minimum Gasteiger partial charge on any atom is -0.491 e. The molecular weight excluding hydrogens is 428 g/mol. The number of hydrogen-bond acceptors (Lipinski definition) is 3. The minimum atomic E-state index is -0.668. The van der Waals surface area contributed by atoms with E-state index in [0.717, 1.165) is 32.7 Å². The Morgan fingerprint density at radius 3 is 2.14 bits per heavy atom. The number of aromatic nitrogens is 2. The number of aliphatic hydroxyl groups excluding tert-OH is 1. The molecule has 1 aromatic heterocycles. The predicted molar refractivity (Wildman–Crippen MR) is 119 cm³/mol. The van der Waals surface area contributed by atoms with E-state index in [2.05, 4.69) is 33.0 Å². The Labute approximate surface area is 178 Å². The third kappa shape index (κ3) is 4.75. The maximum Gasteiger partial charge on any atom is 0.119 e. The van der Waals surface area contributed by atoms with Gasteiger partial charge in [-0.25, -0.2) is 4.98 Å². The van der Waals surface area contributed by atoms with Gasteiger partial charge in [0.1, 0.15) is 18.5 Å². The topological polar surface area (TPSA) is 47.3 Å². The Bertz CT molecular complexity index is 1050. The maximum atomic E-state index is 10.6. The molecule has 0 fully saturated rings. The first-order valence-corrected chi connectivity index (χ1v) is 10.2. The van der Waals surface area contributed by atoms with E-state index in [4.69, 9.17) is 4.74 Å². The summed E-state index contributed by atoms with van der Waals surface area (Å²) >= 11 is 3.41. The highest BCUT2D eigenvalue weighted by molar-refractivity contribution is 9.10. The number of benzene rings is 3. The second kappa shape index (κ2) is 9.07. The average Bonchev–Trinajstić information content (AvgIpc) is 3.18. The highest BCUT2D eigenvalue weighted by Gasteiger charge is 2.17. The van der Waals surface area contributed by atoms with Crippen molar-refractivity contribution in [1.82, 2.24) is 9.55 Å². The van der Waals surface area contributed by atoms with Gasteiger partial charge in [0.05, 0.1) is 24.3 Å². The van der Waals surface area contributed by atoms with E-state index < -0.39 is 6.10 Å². The Morgan fingerprint density at radius 2 is 1.48 bits per heavy atom. The van der Waals surface area contributed by atoms with Gasteiger partial charge >= 0.3 is 0 Å². The van der Waals surface area contributed by atoms with E-state index in [1.165, 1.54) is 0 Å². The SMILES string of the molecule is O[C@H](COc1ccc(Br)cc1)Cn1cnc(-c2ccccc2)c1-c1ccccc1. The second-order valence-electron chi connectivity index (χ2n) is 6.74. The lowest BCUT2D eigenvalue weighted by atomic mass is 10.0. The lowest BCUT2D eigenvalue weighted by Crippen LogP contribution is -2.23. The fourth-order valence-corrected chi connectivity index (χ4v) is 3.49. The molecule has 0 saturated heterocycles. The molecule has 0 unspecified atom stereocenters. The molecule has 4 aromatic rings. The summed E-state index contributed by atoms with van der Waals surface area (Å²) in [5.41, 5.74) is 3.99. The van der Waals surface area contributed by atoms with Gasteiger partial charge in [-0.3, -0.25) is 0 Å². The van der Waals surface area contributed by atoms with E-state index in [1.54, 1.807) is 6.33 Å². The van der Waals surface area contributed by atoms with Crippen molar-refractivity contribution in [2.75, 3.05) is 6.61 Å². The highest BCUT2D eigenvalue weighted by Crippen LogP contribution is 2.31. The molecule has 146 valence electrons. The first kappa shape index (κ1) is 19.4. The first-order valence-electron chi connectivity index (χ1n) is 9.43. The average molecular weight is 449 g/mol. The summed E-state index contributed by atoms with van der Waals surface area (Å²) in [7, 11) is 0. The molecule has 5 heteroatoms. The molecule has 1 atom stereocenters. The molecule has 0 aliphatic heterocycles. The van der Waals surface area contributed by atoms with Crippen molar-refractivity contribution < 1.29 is 9.84 Å². The number of hydrogen-bond donors (Lipinski definition) is 1. The van der Waals surface area contributed by atoms with E-state index in [1.807, 2.05) is 77.4 Å². The van der Waals surface area contributed by atoms with Gasteiger partial charge in [0.25, 0.3) is 0 Å². The van der Waals surface area contributed by atoms with Crippen molar-refractivity contribution in [1.29, 1.82) is 0 Å². The summed E-state index contributed by atoms with van der Waals surface area (Å²) in [5, 5.41) is 10.6. The van der Waals surface area contributed by atoms with Crippen LogP contribution in [0, 0.1) is 0 Å². The Hall–Kier alpha value is -2.89. The smallest absolute Gasteiger partial charge is 0.119 e. The van der Waals surface area contributed by atoms with Crippen molar-refractivity contribution in [3.05, 3.63) is 95.7 Å². The van der Waals surface area contributed by atoms with Crippen LogP contribution in [0.2, 0.25) is 0 Å². The highest BCUT2D eigenvalue weighted by atomic mass is 79.9. The number of imidazole rings is 1. The van der Waals surface area contributed by atoms with Gasteiger partial charge in [-0.15, -0.1) is 0 Å². The molecule has 1 heterocycles. The van der Waals surface area contributed by atoms with Gasteiger partial charge in [-0.2, -0.15) is 0 Å². The van der Waals surface area contributed by atoms with Crippen LogP contribution in [-0.2, 0) is 6.54 Å². The molecule has 4 nitrogen and oxygen atoms in total. The lowest BCUT2D eigenvalue weighted by molar-refractivity contribution is 0.0928. The van der Waals surface area contributed by atoms with Crippen LogP contribution in [0.15, 0.2) is 95.7 Å². The summed E-state index contributed by atoms with van der Waals surface area (Å²) in [5.74, 6) is 0.728. The van der Waals surface area contributed by atoms with Gasteiger partial charge in [0.15, 0.2) is 0 Å². The van der Waals surface area contributed by atoms with Gasteiger partial charge in [0, 0.05) is 15.6 Å². The quantitative estimate of drug-likeness (QED) is 0.410. The third-order valence-electron chi connectivity index (χ3n) is 4.60. The number of rotatable bonds is 7. The number of aliphatic hydroxyl groups is 1. The molecule has 0 radical (unpaired) electrons. The normalized spacial score (nSPS) is 11.9. The molecule has 1 N–H and O–H groups in total. The van der Waals surface area contributed by atoms with E-state index in [-0.39, 0.29) is 6.61 Å². The van der Waals surface area contributed by atoms with Gasteiger partial charge in [0.2, 0.25) is 0 Å². The maximum absolute atomic E-state index is 10.6. The molecular formula is C24H21BrN2O2. The van der Waals surface area contributed by atoms with Crippen molar-refractivity contribution in [3.63, 3.8) is 0 Å². The zero-order valence-electron chi connectivity index (χ0n) is 15.8. The van der Waals surface area contributed by atoms with Crippen LogP contribution in [0.3, 0.4) is 0 Å². The summed E-state index contributed by atoms with van der Waals surface area (Å²) in [6.07, 6.45) is 1.12. The molecule has 0 bridgehead atoms. The van der Waals surface area contributed by atoms with Crippen LogP contribution in [-0.4, -0.2) is 27.4 Å². The summed E-state index contributed by atoms with van der Waals surface area (Å²) in [6.45, 7) is 0.593. The van der Waals surface area contributed by atoms with E-state index in [0.29, 0.717) is 6.54 Å². The molecule has 4 rings (SSSR count). The van der Waals surface area contributed by atoms with Crippen molar-refractivity contribution in [3.8, 4) is 28.3 Å². The zero-order valence-corrected chi connectivity index (χ0v) is 17.4. The number of ether oxygens (including phenoxy) is 1. The lowest BCUT2D eigenvalue weighted by Gasteiger charge is -2.16. The Morgan fingerprint density at radius 1 is 0.862 bits per heavy atom. The number of halogens is 1. The predicted octanol–water partition coefficient (Wildman–Crippen LogP) is 5.42. The fourth-order valence-electron chi connectivity index (χ4n) is 3.23. The van der Waals surface area contributed by atoms with Crippen LogP contribution >= 0.6 is 15.9 Å². The van der Waals surface area contributed by atoms with E-state index >= 15 is 0 Å². The first-order chi connectivity index (χ1) is 14.2. The zero-order chi connectivity index (χ0) is 20.1. The second-order valence-corrected chi connectivity index (χ2v) is 7.66. The largest absolute Gasteiger partial charge is 0.491 e. The van der Waals surface area contributed by atoms with Gasteiger partial charge in [-0.05, 0) is 24.3 Å². The Kier molecular flexibility index (Phi) is 6.08. The third-order valence-corrected chi connectivity index (χ3v) is 5.12. The van der Waals surface area contributed by atoms with Crippen LogP contribution in [0.1, 0.15) is 0 Å². The van der Waals surface area contributed by atoms with Crippen LogP contribution in [0.5, 0.6) is 5.75 Å². The van der Waals surface area contributed by atoms with Gasteiger partial charge < -0.3 is 14.4 Å². The fraction of sp³-hybridized carbons (Fsp3) is 0.125. The summed E-state index contributed by atoms with van der Waals surface area (Å²) in [4.78, 5) is 4.65. The summed E-state index contributed by atoms with van der Waals surface area (Å²) in [6, 6.07) is 27.8. The van der Waals surface area contributed by atoms with Crippen molar-refractivity contribution in [2.45, 2.75) is 12.6 Å².